The minimum Gasteiger partial charge on any atom is -0.512 e. The third-order valence-electron chi connectivity index (χ3n) is 3.98. The van der Waals surface area contributed by atoms with Crippen molar-refractivity contribution in [2.75, 3.05) is 10.6 Å². The molecule has 0 atom stereocenters. The monoisotopic (exact) mass is 380 g/mol. The number of carbonyl (C=O) groups excluding carboxylic acids is 2. The number of aliphatic hydroxyl groups excluding tert-OH is 2. The van der Waals surface area contributed by atoms with Crippen molar-refractivity contribution < 1.29 is 19.8 Å². The number of nitrogens with one attached hydrogen (secondary N) is 2. The molecule has 2 aromatic carbocycles. The summed E-state index contributed by atoms with van der Waals surface area (Å²) in [6.07, 6.45) is 2.24. The molecule has 0 aliphatic rings. The molecule has 6 nitrogen and oxygen atoms in total. The lowest BCUT2D eigenvalue weighted by molar-refractivity contribution is -0.112. The molecule has 0 heterocycles. The highest BCUT2D eigenvalue weighted by molar-refractivity contribution is 6.01. The van der Waals surface area contributed by atoms with E-state index in [-0.39, 0.29) is 23.3 Å². The molecule has 2 amide bonds. The molecule has 0 saturated heterocycles. The maximum absolute atomic E-state index is 11.8. The SMILES string of the molecule is C/C(O)=C/C(=O)Nc1ccc(-c2ccc(NC(=O)/C=C(\C)O)c(C)c2)cc1C. The first-order valence-electron chi connectivity index (χ1n) is 8.74. The van der Waals surface area contributed by atoms with E-state index in [1.165, 1.54) is 13.8 Å². The summed E-state index contributed by atoms with van der Waals surface area (Å²) in [5.74, 6) is -0.893. The molecule has 0 aromatic heterocycles. The zero-order valence-corrected chi connectivity index (χ0v) is 16.3. The van der Waals surface area contributed by atoms with Crippen LogP contribution in [0.5, 0.6) is 0 Å². The maximum atomic E-state index is 11.8. The third-order valence-corrected chi connectivity index (χ3v) is 3.98. The molecule has 2 rings (SSSR count). The zero-order chi connectivity index (χ0) is 20.8. The Hall–Kier alpha value is -3.54. The smallest absolute Gasteiger partial charge is 0.251 e. The Bertz CT molecular complexity index is 887. The van der Waals surface area contributed by atoms with E-state index in [1.807, 2.05) is 50.2 Å². The Morgan fingerprint density at radius 1 is 0.750 bits per heavy atom. The zero-order valence-electron chi connectivity index (χ0n) is 16.3. The lowest BCUT2D eigenvalue weighted by Gasteiger charge is -2.12. The first-order valence-corrected chi connectivity index (χ1v) is 8.74. The predicted octanol–water partition coefficient (Wildman–Crippen LogP) is 4.77. The number of rotatable bonds is 5. The molecular weight excluding hydrogens is 356 g/mol. The van der Waals surface area contributed by atoms with Crippen LogP contribution in [-0.2, 0) is 9.59 Å². The van der Waals surface area contributed by atoms with Crippen LogP contribution in [0.25, 0.3) is 11.1 Å². The van der Waals surface area contributed by atoms with Gasteiger partial charge in [-0.15, -0.1) is 0 Å². The van der Waals surface area contributed by atoms with Gasteiger partial charge in [0.1, 0.15) is 0 Å². The molecule has 0 bridgehead atoms. The summed E-state index contributed by atoms with van der Waals surface area (Å²) in [6, 6.07) is 11.3. The van der Waals surface area contributed by atoms with Crippen LogP contribution in [0.15, 0.2) is 60.1 Å². The van der Waals surface area contributed by atoms with Gasteiger partial charge < -0.3 is 20.8 Å². The summed E-state index contributed by atoms with van der Waals surface area (Å²) in [7, 11) is 0. The Morgan fingerprint density at radius 2 is 1.11 bits per heavy atom. The van der Waals surface area contributed by atoms with Crippen molar-refractivity contribution >= 4 is 23.2 Å². The fourth-order valence-corrected chi connectivity index (χ4v) is 2.68. The van der Waals surface area contributed by atoms with Gasteiger partial charge in [0.2, 0.25) is 0 Å². The predicted molar refractivity (Wildman–Crippen MR) is 111 cm³/mol. The van der Waals surface area contributed by atoms with Crippen LogP contribution in [0.2, 0.25) is 0 Å². The second-order valence-corrected chi connectivity index (χ2v) is 6.61. The van der Waals surface area contributed by atoms with E-state index in [0.29, 0.717) is 11.4 Å². The molecule has 28 heavy (non-hydrogen) atoms. The van der Waals surface area contributed by atoms with Gasteiger partial charge in [-0.1, -0.05) is 12.1 Å². The highest BCUT2D eigenvalue weighted by atomic mass is 16.3. The van der Waals surface area contributed by atoms with Crippen molar-refractivity contribution in [2.24, 2.45) is 0 Å². The molecule has 0 radical (unpaired) electrons. The Labute approximate surface area is 164 Å². The van der Waals surface area contributed by atoms with Crippen molar-refractivity contribution in [3.8, 4) is 11.1 Å². The minimum absolute atomic E-state index is 0.0564. The molecule has 4 N–H and O–H groups in total. The van der Waals surface area contributed by atoms with Crippen molar-refractivity contribution in [1.29, 1.82) is 0 Å². The summed E-state index contributed by atoms with van der Waals surface area (Å²) in [4.78, 5) is 23.5. The lowest BCUT2D eigenvalue weighted by Crippen LogP contribution is -2.10. The summed E-state index contributed by atoms with van der Waals surface area (Å²) < 4.78 is 0. The third kappa shape index (κ3) is 5.74. The number of benzene rings is 2. The fraction of sp³-hybridized carbons (Fsp3) is 0.182. The Morgan fingerprint density at radius 3 is 1.39 bits per heavy atom. The molecule has 146 valence electrons. The summed E-state index contributed by atoms with van der Waals surface area (Å²) in [5.41, 5.74) is 5.03. The van der Waals surface area contributed by atoms with E-state index >= 15 is 0 Å². The quantitative estimate of drug-likeness (QED) is 0.443. The summed E-state index contributed by atoms with van der Waals surface area (Å²) in [5, 5.41) is 23.8. The Balaban J connectivity index is 2.22. The molecule has 0 spiro atoms. The lowest BCUT2D eigenvalue weighted by atomic mass is 10.00. The number of carbonyl (C=O) groups is 2. The first-order chi connectivity index (χ1) is 13.2. The van der Waals surface area contributed by atoms with Crippen LogP contribution < -0.4 is 10.6 Å². The maximum Gasteiger partial charge on any atom is 0.251 e. The average molecular weight is 380 g/mol. The van der Waals surface area contributed by atoms with Gasteiger partial charge in [-0.3, -0.25) is 9.59 Å². The number of allylic oxidation sites excluding steroid dienone is 2. The van der Waals surface area contributed by atoms with Gasteiger partial charge in [-0.05, 0) is 74.2 Å². The molecule has 0 aliphatic carbocycles. The van der Waals surface area contributed by atoms with Crippen LogP contribution in [0.4, 0.5) is 11.4 Å². The minimum atomic E-state index is -0.390. The normalized spacial score (nSPS) is 11.9. The van der Waals surface area contributed by atoms with Gasteiger partial charge in [0.15, 0.2) is 0 Å². The van der Waals surface area contributed by atoms with Crippen LogP contribution >= 0.6 is 0 Å². The van der Waals surface area contributed by atoms with E-state index in [4.69, 9.17) is 10.2 Å². The molecule has 2 aromatic rings. The van der Waals surface area contributed by atoms with Gasteiger partial charge in [0.25, 0.3) is 11.8 Å². The van der Waals surface area contributed by atoms with Crippen LogP contribution in [0.1, 0.15) is 25.0 Å². The molecule has 0 unspecified atom stereocenters. The standard InChI is InChI=1S/C22H24N2O4/c1-13-9-17(5-7-19(13)23-21(27)11-15(3)25)18-6-8-20(14(2)10-18)24-22(28)12-16(4)26/h5-12,25-26H,1-4H3,(H,23,27)(H,24,28)/b15-11-,16-12+. The van der Waals surface area contributed by atoms with E-state index < -0.39 is 0 Å². The highest BCUT2D eigenvalue weighted by Crippen LogP contribution is 2.28. The second-order valence-electron chi connectivity index (χ2n) is 6.61. The number of aliphatic hydroxyl groups is 2. The van der Waals surface area contributed by atoms with E-state index in [9.17, 15) is 9.59 Å². The molecular formula is C22H24N2O4. The first kappa shape index (κ1) is 20.8. The Kier molecular flexibility index (Phi) is 6.60. The van der Waals surface area contributed by atoms with Gasteiger partial charge >= 0.3 is 0 Å². The average Bonchev–Trinajstić information content (AvgIpc) is 2.57. The van der Waals surface area contributed by atoms with Crippen molar-refractivity contribution in [2.45, 2.75) is 27.7 Å². The summed E-state index contributed by atoms with van der Waals surface area (Å²) in [6.45, 7) is 6.65. The fourth-order valence-electron chi connectivity index (χ4n) is 2.68. The number of aryl methyl sites for hydroxylation is 2. The molecule has 6 heteroatoms. The van der Waals surface area contributed by atoms with Gasteiger partial charge in [-0.2, -0.15) is 0 Å². The van der Waals surface area contributed by atoms with Crippen molar-refractivity contribution in [3.05, 3.63) is 71.2 Å². The van der Waals surface area contributed by atoms with Crippen LogP contribution in [0, 0.1) is 13.8 Å². The topological polar surface area (TPSA) is 98.7 Å². The van der Waals surface area contributed by atoms with Crippen molar-refractivity contribution in [3.63, 3.8) is 0 Å². The van der Waals surface area contributed by atoms with Crippen LogP contribution in [0.3, 0.4) is 0 Å². The number of anilines is 2. The van der Waals surface area contributed by atoms with Crippen LogP contribution in [-0.4, -0.2) is 22.0 Å². The van der Waals surface area contributed by atoms with Crippen molar-refractivity contribution in [1.82, 2.24) is 0 Å². The van der Waals surface area contributed by atoms with Gasteiger partial charge in [-0.25, -0.2) is 0 Å². The second kappa shape index (κ2) is 8.90. The number of hydrogen-bond acceptors (Lipinski definition) is 4. The highest BCUT2D eigenvalue weighted by Gasteiger charge is 2.08. The largest absolute Gasteiger partial charge is 0.512 e. The number of hydrogen-bond donors (Lipinski definition) is 4. The molecule has 0 fully saturated rings. The molecule has 0 saturated carbocycles. The molecule has 0 aliphatic heterocycles. The van der Waals surface area contributed by atoms with E-state index in [0.717, 1.165) is 34.4 Å². The van der Waals surface area contributed by atoms with E-state index in [1.54, 1.807) is 0 Å². The summed E-state index contributed by atoms with van der Waals surface area (Å²) >= 11 is 0. The van der Waals surface area contributed by atoms with Gasteiger partial charge in [0.05, 0.1) is 11.5 Å². The van der Waals surface area contributed by atoms with E-state index in [2.05, 4.69) is 10.6 Å². The van der Waals surface area contributed by atoms with Gasteiger partial charge in [0, 0.05) is 23.5 Å². The number of amides is 2.